The third kappa shape index (κ3) is 2.69. The molecule has 4 heteroatoms. The number of nitrogens with one attached hydrogen (secondary N) is 1. The van der Waals surface area contributed by atoms with Gasteiger partial charge in [0, 0.05) is 0 Å². The molecule has 2 aromatic rings. The van der Waals surface area contributed by atoms with E-state index in [-0.39, 0.29) is 18.1 Å². The first-order valence-electron chi connectivity index (χ1n) is 6.74. The number of Topliss-reactive ketones (excluding diaryl/α,β-unsaturated/α-hetero) is 1. The normalized spacial score (nSPS) is 11.7. The smallest absolute Gasteiger partial charge is 0.231 e. The quantitative estimate of drug-likeness (QED) is 0.747. The maximum absolute atomic E-state index is 11.7. The highest BCUT2D eigenvalue weighted by Gasteiger charge is 2.20. The van der Waals surface area contributed by atoms with Crippen molar-refractivity contribution in [3.63, 3.8) is 0 Å². The standard InChI is InChI=1S/C17H14ClNO2/c1-10(20)6-17(21)19-16-8-12-7-11-4-2-3-5-13(11)14(12)9-15(16)18/h2-5,8-9H,6-7H2,1H3,(H,19,21). The Balaban J connectivity index is 1.92. The fourth-order valence-electron chi connectivity index (χ4n) is 2.67. The fourth-order valence-corrected chi connectivity index (χ4v) is 2.88. The number of rotatable bonds is 3. The van der Waals surface area contributed by atoms with Gasteiger partial charge in [0.2, 0.25) is 5.91 Å². The summed E-state index contributed by atoms with van der Waals surface area (Å²) in [5, 5.41) is 3.19. The summed E-state index contributed by atoms with van der Waals surface area (Å²) in [5.74, 6) is -0.503. The molecule has 1 amide bonds. The van der Waals surface area contributed by atoms with Crippen LogP contribution in [0.1, 0.15) is 24.5 Å². The van der Waals surface area contributed by atoms with Gasteiger partial charge in [-0.25, -0.2) is 0 Å². The Kier molecular flexibility index (Phi) is 3.52. The topological polar surface area (TPSA) is 46.2 Å². The van der Waals surface area contributed by atoms with E-state index in [2.05, 4.69) is 17.4 Å². The Bertz CT molecular complexity index is 752. The molecule has 1 N–H and O–H groups in total. The molecule has 1 aliphatic rings. The highest BCUT2D eigenvalue weighted by atomic mass is 35.5. The monoisotopic (exact) mass is 299 g/mol. The van der Waals surface area contributed by atoms with Crippen molar-refractivity contribution < 1.29 is 9.59 Å². The highest BCUT2D eigenvalue weighted by Crippen LogP contribution is 2.40. The average molecular weight is 300 g/mol. The molecular weight excluding hydrogens is 286 g/mol. The Morgan fingerprint density at radius 2 is 1.90 bits per heavy atom. The van der Waals surface area contributed by atoms with Gasteiger partial charge in [0.05, 0.1) is 17.1 Å². The van der Waals surface area contributed by atoms with E-state index < -0.39 is 0 Å². The van der Waals surface area contributed by atoms with Crippen molar-refractivity contribution in [3.8, 4) is 11.1 Å². The minimum atomic E-state index is -0.333. The minimum absolute atomic E-state index is 0.131. The molecule has 0 fully saturated rings. The van der Waals surface area contributed by atoms with E-state index in [1.54, 1.807) is 0 Å². The summed E-state index contributed by atoms with van der Waals surface area (Å²) < 4.78 is 0. The van der Waals surface area contributed by atoms with Crippen LogP contribution in [0, 0.1) is 0 Å². The molecule has 0 bridgehead atoms. The molecule has 0 unspecified atom stereocenters. The van der Waals surface area contributed by atoms with Gasteiger partial charge in [-0.1, -0.05) is 35.9 Å². The van der Waals surface area contributed by atoms with E-state index in [1.807, 2.05) is 24.3 Å². The zero-order chi connectivity index (χ0) is 15.0. The predicted octanol–water partition coefficient (Wildman–Crippen LogP) is 3.83. The summed E-state index contributed by atoms with van der Waals surface area (Å²) in [5.41, 5.74) is 5.26. The lowest BCUT2D eigenvalue weighted by molar-refractivity contribution is -0.124. The largest absolute Gasteiger partial charge is 0.324 e. The first kappa shape index (κ1) is 13.8. The zero-order valence-corrected chi connectivity index (χ0v) is 12.3. The van der Waals surface area contributed by atoms with Crippen LogP contribution in [0.15, 0.2) is 36.4 Å². The Morgan fingerprint density at radius 1 is 1.14 bits per heavy atom. The molecule has 0 aliphatic heterocycles. The number of anilines is 1. The van der Waals surface area contributed by atoms with Crippen LogP contribution < -0.4 is 5.32 Å². The lowest BCUT2D eigenvalue weighted by atomic mass is 10.1. The lowest BCUT2D eigenvalue weighted by Gasteiger charge is -2.09. The minimum Gasteiger partial charge on any atom is -0.324 e. The van der Waals surface area contributed by atoms with Crippen molar-refractivity contribution in [2.75, 3.05) is 5.32 Å². The van der Waals surface area contributed by atoms with Crippen LogP contribution in [0.3, 0.4) is 0 Å². The molecule has 3 nitrogen and oxygen atoms in total. The summed E-state index contributed by atoms with van der Waals surface area (Å²) in [6.07, 6.45) is 0.700. The molecule has 2 aromatic carbocycles. The number of ketones is 1. The first-order valence-corrected chi connectivity index (χ1v) is 7.12. The van der Waals surface area contributed by atoms with Gasteiger partial charge in [0.15, 0.2) is 0 Å². The van der Waals surface area contributed by atoms with Gasteiger partial charge in [0.25, 0.3) is 0 Å². The summed E-state index contributed by atoms with van der Waals surface area (Å²) in [6.45, 7) is 1.39. The van der Waals surface area contributed by atoms with E-state index in [9.17, 15) is 9.59 Å². The van der Waals surface area contributed by atoms with Crippen LogP contribution in [-0.2, 0) is 16.0 Å². The second kappa shape index (κ2) is 5.34. The number of carbonyl (C=O) groups excluding carboxylic acids is 2. The molecular formula is C17H14ClNO2. The zero-order valence-electron chi connectivity index (χ0n) is 11.6. The SMILES string of the molecule is CC(=O)CC(=O)Nc1cc2c(cc1Cl)-c1ccccc1C2. The van der Waals surface area contributed by atoms with Crippen molar-refractivity contribution in [3.05, 3.63) is 52.5 Å². The summed E-state index contributed by atoms with van der Waals surface area (Å²) in [6, 6.07) is 12.0. The molecule has 0 aromatic heterocycles. The van der Waals surface area contributed by atoms with E-state index in [0.29, 0.717) is 10.7 Å². The first-order chi connectivity index (χ1) is 10.0. The number of halogens is 1. The second-order valence-corrected chi connectivity index (χ2v) is 5.66. The molecule has 0 saturated heterocycles. The van der Waals surface area contributed by atoms with Crippen molar-refractivity contribution >= 4 is 29.0 Å². The lowest BCUT2D eigenvalue weighted by Crippen LogP contribution is -2.15. The van der Waals surface area contributed by atoms with Gasteiger partial charge < -0.3 is 5.32 Å². The van der Waals surface area contributed by atoms with Gasteiger partial charge in [-0.2, -0.15) is 0 Å². The number of fused-ring (bicyclic) bond motifs is 3. The highest BCUT2D eigenvalue weighted by molar-refractivity contribution is 6.34. The summed E-state index contributed by atoms with van der Waals surface area (Å²) >= 11 is 6.26. The molecule has 1 aliphatic carbocycles. The molecule has 3 rings (SSSR count). The second-order valence-electron chi connectivity index (χ2n) is 5.25. The van der Waals surface area contributed by atoms with E-state index >= 15 is 0 Å². The van der Waals surface area contributed by atoms with Crippen LogP contribution in [0.25, 0.3) is 11.1 Å². The van der Waals surface area contributed by atoms with E-state index in [0.717, 1.165) is 17.5 Å². The fraction of sp³-hybridized carbons (Fsp3) is 0.176. The Hall–Kier alpha value is -2.13. The maximum atomic E-state index is 11.7. The number of amides is 1. The third-order valence-corrected chi connectivity index (χ3v) is 3.88. The maximum Gasteiger partial charge on any atom is 0.231 e. The summed E-state index contributed by atoms with van der Waals surface area (Å²) in [4.78, 5) is 22.7. The van der Waals surface area contributed by atoms with E-state index in [1.165, 1.54) is 18.1 Å². The molecule has 0 atom stereocenters. The van der Waals surface area contributed by atoms with Crippen LogP contribution >= 0.6 is 11.6 Å². The van der Waals surface area contributed by atoms with Crippen LogP contribution in [0.2, 0.25) is 5.02 Å². The van der Waals surface area contributed by atoms with Crippen LogP contribution in [0.5, 0.6) is 0 Å². The average Bonchev–Trinajstić information content (AvgIpc) is 2.76. The Labute approximate surface area is 127 Å². The van der Waals surface area contributed by atoms with E-state index in [4.69, 9.17) is 11.6 Å². The number of benzene rings is 2. The number of carbonyl (C=O) groups is 2. The van der Waals surface area contributed by atoms with Crippen molar-refractivity contribution in [2.45, 2.75) is 19.8 Å². The van der Waals surface area contributed by atoms with Crippen LogP contribution in [-0.4, -0.2) is 11.7 Å². The third-order valence-electron chi connectivity index (χ3n) is 3.56. The van der Waals surface area contributed by atoms with Gasteiger partial charge in [-0.3, -0.25) is 9.59 Å². The summed E-state index contributed by atoms with van der Waals surface area (Å²) in [7, 11) is 0. The van der Waals surface area contributed by atoms with Gasteiger partial charge in [-0.15, -0.1) is 0 Å². The number of hydrogen-bond acceptors (Lipinski definition) is 2. The van der Waals surface area contributed by atoms with Gasteiger partial charge >= 0.3 is 0 Å². The van der Waals surface area contributed by atoms with Crippen molar-refractivity contribution in [1.82, 2.24) is 0 Å². The molecule has 0 saturated carbocycles. The molecule has 0 radical (unpaired) electrons. The number of hydrogen-bond donors (Lipinski definition) is 1. The molecule has 21 heavy (non-hydrogen) atoms. The van der Waals surface area contributed by atoms with Crippen molar-refractivity contribution in [2.24, 2.45) is 0 Å². The molecule has 0 spiro atoms. The van der Waals surface area contributed by atoms with Crippen LogP contribution in [0.4, 0.5) is 5.69 Å². The van der Waals surface area contributed by atoms with Gasteiger partial charge in [0.1, 0.15) is 5.78 Å². The molecule has 106 valence electrons. The van der Waals surface area contributed by atoms with Crippen molar-refractivity contribution in [1.29, 1.82) is 0 Å². The predicted molar refractivity (Wildman–Crippen MR) is 83.6 cm³/mol. The Morgan fingerprint density at radius 3 is 2.67 bits per heavy atom. The molecule has 0 heterocycles. The van der Waals surface area contributed by atoms with Gasteiger partial charge in [-0.05, 0) is 47.7 Å².